The molecule has 0 aromatic heterocycles. The molecule has 1 aromatic rings. The van der Waals surface area contributed by atoms with Gasteiger partial charge in [-0.25, -0.2) is 0 Å². The van der Waals surface area contributed by atoms with Gasteiger partial charge < -0.3 is 10.4 Å². The normalized spacial score (nSPS) is 10.0. The van der Waals surface area contributed by atoms with E-state index in [1.165, 1.54) is 0 Å². The molecule has 0 aliphatic heterocycles. The van der Waals surface area contributed by atoms with Crippen molar-refractivity contribution in [3.8, 4) is 0 Å². The van der Waals surface area contributed by atoms with Gasteiger partial charge >= 0.3 is 5.97 Å². The molecule has 0 heterocycles. The zero-order valence-corrected chi connectivity index (χ0v) is 8.98. The van der Waals surface area contributed by atoms with E-state index in [0.717, 1.165) is 5.56 Å². The predicted octanol–water partition coefficient (Wildman–Crippen LogP) is 0.862. The molecule has 0 saturated carbocycles. The summed E-state index contributed by atoms with van der Waals surface area (Å²) < 4.78 is 0. The molecule has 1 aromatic carbocycles. The lowest BCUT2D eigenvalue weighted by molar-refractivity contribution is -0.137. The highest BCUT2D eigenvalue weighted by Gasteiger charge is 2.03. The Morgan fingerprint density at radius 2 is 1.88 bits per heavy atom. The largest absolute Gasteiger partial charge is 0.481 e. The first-order valence-corrected chi connectivity index (χ1v) is 5.16. The van der Waals surface area contributed by atoms with Crippen LogP contribution in [0.4, 0.5) is 0 Å². The van der Waals surface area contributed by atoms with Gasteiger partial charge in [0, 0.05) is 13.0 Å². The quantitative estimate of drug-likeness (QED) is 0.670. The summed E-state index contributed by atoms with van der Waals surface area (Å²) in [5.41, 5.74) is 0.979. The van der Waals surface area contributed by atoms with E-state index >= 15 is 0 Å². The fourth-order valence-electron chi connectivity index (χ4n) is 1.31. The van der Waals surface area contributed by atoms with Gasteiger partial charge in [-0.2, -0.15) is 0 Å². The van der Waals surface area contributed by atoms with Crippen molar-refractivity contribution in [1.82, 2.24) is 5.32 Å². The second kappa shape index (κ2) is 6.74. The van der Waals surface area contributed by atoms with Crippen molar-refractivity contribution in [2.24, 2.45) is 0 Å². The van der Waals surface area contributed by atoms with Crippen LogP contribution >= 0.6 is 0 Å². The summed E-state index contributed by atoms with van der Waals surface area (Å²) in [6.07, 6.45) is 0.430. The van der Waals surface area contributed by atoms with Gasteiger partial charge in [0.2, 0.25) is 0 Å². The average Bonchev–Trinajstić information content (AvgIpc) is 2.25. The molecule has 0 atom stereocenters. The SMILES string of the molecule is O=C(O)CCNCC(=O)Cc1ccccc1. The number of carbonyl (C=O) groups is 2. The van der Waals surface area contributed by atoms with Gasteiger partial charge in [-0.05, 0) is 5.56 Å². The maximum Gasteiger partial charge on any atom is 0.304 e. The Hall–Kier alpha value is -1.68. The molecule has 0 bridgehead atoms. The Labute approximate surface area is 94.3 Å². The van der Waals surface area contributed by atoms with E-state index in [1.54, 1.807) is 0 Å². The number of aliphatic carboxylic acids is 1. The number of hydrogen-bond acceptors (Lipinski definition) is 3. The zero-order valence-electron chi connectivity index (χ0n) is 8.98. The van der Waals surface area contributed by atoms with Crippen LogP contribution in [0.15, 0.2) is 30.3 Å². The molecule has 0 spiro atoms. The predicted molar refractivity (Wildman–Crippen MR) is 60.3 cm³/mol. The van der Waals surface area contributed by atoms with Crippen molar-refractivity contribution in [2.45, 2.75) is 12.8 Å². The number of carbonyl (C=O) groups excluding carboxylic acids is 1. The minimum absolute atomic E-state index is 0.0403. The van der Waals surface area contributed by atoms with Gasteiger partial charge in [0.15, 0.2) is 5.78 Å². The smallest absolute Gasteiger partial charge is 0.304 e. The van der Waals surface area contributed by atoms with Crippen LogP contribution in [-0.4, -0.2) is 29.9 Å². The molecular formula is C12H15NO3. The minimum Gasteiger partial charge on any atom is -0.481 e. The van der Waals surface area contributed by atoms with Gasteiger partial charge in [-0.1, -0.05) is 30.3 Å². The highest BCUT2D eigenvalue weighted by atomic mass is 16.4. The number of rotatable bonds is 7. The first-order chi connectivity index (χ1) is 7.68. The number of carboxylic acid groups (broad SMARTS) is 1. The van der Waals surface area contributed by atoms with Crippen molar-refractivity contribution >= 4 is 11.8 Å². The molecule has 0 radical (unpaired) electrons. The molecule has 4 heteroatoms. The van der Waals surface area contributed by atoms with Crippen LogP contribution in [0.3, 0.4) is 0 Å². The van der Waals surface area contributed by atoms with Gasteiger partial charge in [0.25, 0.3) is 0 Å². The van der Waals surface area contributed by atoms with Gasteiger partial charge in [0.1, 0.15) is 0 Å². The van der Waals surface area contributed by atoms with Crippen LogP contribution in [0.25, 0.3) is 0 Å². The first kappa shape index (κ1) is 12.4. The van der Waals surface area contributed by atoms with Crippen molar-refractivity contribution < 1.29 is 14.7 Å². The summed E-state index contributed by atoms with van der Waals surface area (Å²) in [5, 5.41) is 11.2. The fourth-order valence-corrected chi connectivity index (χ4v) is 1.31. The van der Waals surface area contributed by atoms with Gasteiger partial charge in [-0.3, -0.25) is 9.59 Å². The van der Waals surface area contributed by atoms with E-state index in [4.69, 9.17) is 5.11 Å². The maximum absolute atomic E-state index is 11.4. The third kappa shape index (κ3) is 5.26. The summed E-state index contributed by atoms with van der Waals surface area (Å²) >= 11 is 0. The van der Waals surface area contributed by atoms with Crippen molar-refractivity contribution in [1.29, 1.82) is 0 Å². The number of Topliss-reactive ketones (excluding diaryl/α,β-unsaturated/α-hetero) is 1. The number of carboxylic acids is 1. The summed E-state index contributed by atoms with van der Waals surface area (Å²) in [7, 11) is 0. The number of hydrogen-bond donors (Lipinski definition) is 2. The van der Waals surface area contributed by atoms with Crippen molar-refractivity contribution in [3.05, 3.63) is 35.9 Å². The van der Waals surface area contributed by atoms with E-state index in [-0.39, 0.29) is 18.7 Å². The first-order valence-electron chi connectivity index (χ1n) is 5.16. The zero-order chi connectivity index (χ0) is 11.8. The molecule has 0 amide bonds. The van der Waals surface area contributed by atoms with Gasteiger partial charge in [-0.15, -0.1) is 0 Å². The topological polar surface area (TPSA) is 66.4 Å². The summed E-state index contributed by atoms with van der Waals surface area (Å²) in [6, 6.07) is 9.48. The van der Waals surface area contributed by atoms with Crippen molar-refractivity contribution in [2.75, 3.05) is 13.1 Å². The number of benzene rings is 1. The number of ketones is 1. The fraction of sp³-hybridized carbons (Fsp3) is 0.333. The van der Waals surface area contributed by atoms with E-state index in [9.17, 15) is 9.59 Å². The summed E-state index contributed by atoms with van der Waals surface area (Å²) in [6.45, 7) is 0.554. The Balaban J connectivity index is 2.19. The Morgan fingerprint density at radius 3 is 2.50 bits per heavy atom. The molecule has 4 nitrogen and oxygen atoms in total. The average molecular weight is 221 g/mol. The van der Waals surface area contributed by atoms with Crippen LogP contribution in [0.1, 0.15) is 12.0 Å². The molecule has 2 N–H and O–H groups in total. The monoisotopic (exact) mass is 221 g/mol. The Morgan fingerprint density at radius 1 is 1.19 bits per heavy atom. The highest BCUT2D eigenvalue weighted by Crippen LogP contribution is 1.99. The second-order valence-electron chi connectivity index (χ2n) is 3.52. The number of nitrogens with one attached hydrogen (secondary N) is 1. The molecule has 0 aliphatic rings. The van der Waals surface area contributed by atoms with Crippen LogP contribution in [0.2, 0.25) is 0 Å². The Bertz CT molecular complexity index is 349. The van der Waals surface area contributed by atoms with E-state index in [0.29, 0.717) is 13.0 Å². The lowest BCUT2D eigenvalue weighted by Gasteiger charge is -2.02. The molecule has 1 rings (SSSR count). The molecule has 0 fully saturated rings. The molecule has 16 heavy (non-hydrogen) atoms. The molecule has 0 saturated heterocycles. The van der Waals surface area contributed by atoms with Crippen LogP contribution < -0.4 is 5.32 Å². The van der Waals surface area contributed by atoms with Crippen LogP contribution in [0, 0.1) is 0 Å². The van der Waals surface area contributed by atoms with E-state index in [2.05, 4.69) is 5.32 Å². The summed E-state index contributed by atoms with van der Waals surface area (Å²) in [4.78, 5) is 21.7. The minimum atomic E-state index is -0.858. The van der Waals surface area contributed by atoms with E-state index in [1.807, 2.05) is 30.3 Å². The van der Waals surface area contributed by atoms with Gasteiger partial charge in [0.05, 0.1) is 13.0 Å². The lowest BCUT2D eigenvalue weighted by atomic mass is 10.1. The maximum atomic E-state index is 11.4. The van der Waals surface area contributed by atoms with E-state index < -0.39 is 5.97 Å². The lowest BCUT2D eigenvalue weighted by Crippen LogP contribution is -2.26. The molecule has 0 aliphatic carbocycles. The third-order valence-electron chi connectivity index (χ3n) is 2.08. The third-order valence-corrected chi connectivity index (χ3v) is 2.08. The Kier molecular flexibility index (Phi) is 5.22. The highest BCUT2D eigenvalue weighted by molar-refractivity contribution is 5.82. The molecule has 0 unspecified atom stereocenters. The van der Waals surface area contributed by atoms with Crippen LogP contribution in [0.5, 0.6) is 0 Å². The standard InChI is InChI=1S/C12H15NO3/c14-11(9-13-7-6-12(15)16)8-10-4-2-1-3-5-10/h1-5,13H,6-9H2,(H,15,16). The van der Waals surface area contributed by atoms with Crippen LogP contribution in [-0.2, 0) is 16.0 Å². The summed E-state index contributed by atoms with van der Waals surface area (Å²) in [5.74, 6) is -0.792. The van der Waals surface area contributed by atoms with Crippen molar-refractivity contribution in [3.63, 3.8) is 0 Å². The molecular weight excluding hydrogens is 206 g/mol. The second-order valence-corrected chi connectivity index (χ2v) is 3.52. The molecule has 86 valence electrons.